The normalized spacial score (nSPS) is 10.4. The third-order valence-corrected chi connectivity index (χ3v) is 4.24. The second-order valence-electron chi connectivity index (χ2n) is 4.02. The summed E-state index contributed by atoms with van der Waals surface area (Å²) >= 11 is 2.87. The van der Waals surface area contributed by atoms with Gasteiger partial charge < -0.3 is 5.32 Å². The summed E-state index contributed by atoms with van der Waals surface area (Å²) in [4.78, 5) is 17.2. The highest BCUT2D eigenvalue weighted by Crippen LogP contribution is 2.17. The molecule has 2 amide bonds. The van der Waals surface area contributed by atoms with E-state index in [2.05, 4.69) is 32.1 Å². The lowest BCUT2D eigenvalue weighted by Crippen LogP contribution is -2.29. The van der Waals surface area contributed by atoms with Crippen molar-refractivity contribution < 1.29 is 4.79 Å². The molecule has 8 heteroatoms. The SMILES string of the molecule is Cc1nc(CCCNC(=O)Nc2cnns2)sc1C. The number of amides is 2. The molecule has 2 rings (SSSR count). The maximum absolute atomic E-state index is 11.5. The van der Waals surface area contributed by atoms with Crippen molar-refractivity contribution in [1.29, 1.82) is 0 Å². The van der Waals surface area contributed by atoms with E-state index >= 15 is 0 Å². The number of hydrogen-bond acceptors (Lipinski definition) is 6. The van der Waals surface area contributed by atoms with Crippen LogP contribution in [0.25, 0.3) is 0 Å². The first kappa shape index (κ1) is 13.9. The van der Waals surface area contributed by atoms with Crippen LogP contribution in [0.3, 0.4) is 0 Å². The molecule has 0 fully saturated rings. The Bertz CT molecular complexity index is 518. The molecule has 0 aliphatic heterocycles. The molecule has 19 heavy (non-hydrogen) atoms. The van der Waals surface area contributed by atoms with Crippen LogP contribution in [0.5, 0.6) is 0 Å². The molecule has 6 nitrogen and oxygen atoms in total. The fourth-order valence-corrected chi connectivity index (χ4v) is 2.86. The van der Waals surface area contributed by atoms with E-state index in [1.807, 2.05) is 6.92 Å². The van der Waals surface area contributed by atoms with Gasteiger partial charge in [0.2, 0.25) is 0 Å². The van der Waals surface area contributed by atoms with Crippen molar-refractivity contribution in [2.45, 2.75) is 26.7 Å². The minimum Gasteiger partial charge on any atom is -0.338 e. The average Bonchev–Trinajstić information content (AvgIpc) is 2.96. The number of aryl methyl sites for hydroxylation is 3. The highest BCUT2D eigenvalue weighted by atomic mass is 32.1. The number of rotatable bonds is 5. The van der Waals surface area contributed by atoms with Crippen LogP contribution < -0.4 is 10.6 Å². The van der Waals surface area contributed by atoms with Gasteiger partial charge in [-0.1, -0.05) is 4.49 Å². The molecular weight excluding hydrogens is 282 g/mol. The van der Waals surface area contributed by atoms with Gasteiger partial charge in [0, 0.05) is 29.4 Å². The second-order valence-corrected chi connectivity index (χ2v) is 6.09. The van der Waals surface area contributed by atoms with Gasteiger partial charge in [-0.2, -0.15) is 0 Å². The predicted molar refractivity (Wildman–Crippen MR) is 76.8 cm³/mol. The van der Waals surface area contributed by atoms with Gasteiger partial charge in [-0.3, -0.25) is 5.32 Å². The van der Waals surface area contributed by atoms with E-state index in [4.69, 9.17) is 0 Å². The number of nitrogens with zero attached hydrogens (tertiary/aromatic N) is 3. The van der Waals surface area contributed by atoms with Gasteiger partial charge in [0.1, 0.15) is 5.00 Å². The zero-order valence-corrected chi connectivity index (χ0v) is 12.4. The van der Waals surface area contributed by atoms with E-state index in [9.17, 15) is 4.79 Å². The Labute approximate surface area is 119 Å². The summed E-state index contributed by atoms with van der Waals surface area (Å²) in [5.74, 6) is 0. The van der Waals surface area contributed by atoms with E-state index in [1.54, 1.807) is 11.3 Å². The minimum atomic E-state index is -0.224. The van der Waals surface area contributed by atoms with Crippen molar-refractivity contribution in [3.05, 3.63) is 21.8 Å². The highest BCUT2D eigenvalue weighted by molar-refractivity contribution is 7.11. The lowest BCUT2D eigenvalue weighted by Gasteiger charge is -2.04. The Balaban J connectivity index is 1.65. The summed E-state index contributed by atoms with van der Waals surface area (Å²) in [5, 5.41) is 10.9. The molecule has 0 aliphatic carbocycles. The van der Waals surface area contributed by atoms with E-state index < -0.39 is 0 Å². The summed E-state index contributed by atoms with van der Waals surface area (Å²) in [7, 11) is 0. The molecule has 0 saturated heterocycles. The number of carbonyl (C=O) groups is 1. The number of thiazole rings is 1. The number of aromatic nitrogens is 3. The molecule has 0 aromatic carbocycles. The number of hydrogen-bond donors (Lipinski definition) is 2. The van der Waals surface area contributed by atoms with Crippen LogP contribution in [0.1, 0.15) is 22.0 Å². The van der Waals surface area contributed by atoms with Crippen LogP contribution in [-0.4, -0.2) is 27.1 Å². The van der Waals surface area contributed by atoms with Crippen molar-refractivity contribution in [3.8, 4) is 0 Å². The Morgan fingerprint density at radius 2 is 2.26 bits per heavy atom. The van der Waals surface area contributed by atoms with Gasteiger partial charge in [0.15, 0.2) is 0 Å². The van der Waals surface area contributed by atoms with Crippen molar-refractivity contribution in [2.24, 2.45) is 0 Å². The minimum absolute atomic E-state index is 0.224. The Kier molecular flexibility index (Phi) is 4.80. The van der Waals surface area contributed by atoms with Crippen molar-refractivity contribution in [3.63, 3.8) is 0 Å². The lowest BCUT2D eigenvalue weighted by atomic mass is 10.3. The molecule has 0 radical (unpaired) electrons. The van der Waals surface area contributed by atoms with Gasteiger partial charge in [-0.15, -0.1) is 16.4 Å². The fourth-order valence-electron chi connectivity index (χ4n) is 1.47. The second kappa shape index (κ2) is 6.58. The summed E-state index contributed by atoms with van der Waals surface area (Å²) in [6.45, 7) is 4.71. The van der Waals surface area contributed by atoms with Crippen LogP contribution in [0.2, 0.25) is 0 Å². The number of anilines is 1. The molecule has 102 valence electrons. The van der Waals surface area contributed by atoms with Gasteiger partial charge >= 0.3 is 6.03 Å². The molecule has 0 bridgehead atoms. The largest absolute Gasteiger partial charge is 0.338 e. The highest BCUT2D eigenvalue weighted by Gasteiger charge is 2.05. The molecule has 2 aromatic heterocycles. The van der Waals surface area contributed by atoms with E-state index in [0.717, 1.165) is 35.1 Å². The first-order valence-corrected chi connectivity index (χ1v) is 7.49. The zero-order chi connectivity index (χ0) is 13.7. The molecular formula is C11H15N5OS2. The lowest BCUT2D eigenvalue weighted by molar-refractivity contribution is 0.252. The van der Waals surface area contributed by atoms with Crippen LogP contribution in [0.4, 0.5) is 9.80 Å². The molecule has 0 aliphatic rings. The van der Waals surface area contributed by atoms with E-state index in [0.29, 0.717) is 11.5 Å². The Morgan fingerprint density at radius 1 is 1.42 bits per heavy atom. The molecule has 2 heterocycles. The standard InChI is InChI=1S/C11H15N5OS2/c1-7-8(2)18-9(14-7)4-3-5-12-11(17)15-10-6-13-16-19-10/h6H,3-5H2,1-2H3,(H2,12,15,17). The summed E-state index contributed by atoms with van der Waals surface area (Å²) in [5.41, 5.74) is 1.10. The topological polar surface area (TPSA) is 79.8 Å². The van der Waals surface area contributed by atoms with Crippen LogP contribution >= 0.6 is 22.9 Å². The van der Waals surface area contributed by atoms with E-state index in [-0.39, 0.29) is 6.03 Å². The van der Waals surface area contributed by atoms with Gasteiger partial charge in [-0.25, -0.2) is 9.78 Å². The Morgan fingerprint density at radius 3 is 2.89 bits per heavy atom. The first-order chi connectivity index (χ1) is 9.15. The maximum Gasteiger partial charge on any atom is 0.319 e. The molecule has 0 unspecified atom stereocenters. The predicted octanol–water partition coefficient (Wildman–Crippen LogP) is 2.37. The maximum atomic E-state index is 11.5. The fraction of sp³-hybridized carbons (Fsp3) is 0.455. The third kappa shape index (κ3) is 4.25. The first-order valence-electron chi connectivity index (χ1n) is 5.90. The molecule has 0 atom stereocenters. The molecule has 0 spiro atoms. The van der Waals surface area contributed by atoms with Crippen molar-refractivity contribution >= 4 is 33.9 Å². The smallest absolute Gasteiger partial charge is 0.319 e. The number of urea groups is 1. The summed E-state index contributed by atoms with van der Waals surface area (Å²) in [6, 6.07) is -0.224. The molecule has 0 saturated carbocycles. The monoisotopic (exact) mass is 297 g/mol. The zero-order valence-electron chi connectivity index (χ0n) is 10.8. The third-order valence-electron chi connectivity index (χ3n) is 2.52. The quantitative estimate of drug-likeness (QED) is 0.830. The Hall–Kier alpha value is -1.54. The van der Waals surface area contributed by atoms with Crippen LogP contribution in [0, 0.1) is 13.8 Å². The van der Waals surface area contributed by atoms with Gasteiger partial charge in [0.25, 0.3) is 0 Å². The van der Waals surface area contributed by atoms with Crippen LogP contribution in [0.15, 0.2) is 6.20 Å². The number of nitrogens with one attached hydrogen (secondary N) is 2. The average molecular weight is 297 g/mol. The van der Waals surface area contributed by atoms with Gasteiger partial charge in [0.05, 0.1) is 16.9 Å². The summed E-state index contributed by atoms with van der Waals surface area (Å²) < 4.78 is 3.66. The van der Waals surface area contributed by atoms with Crippen LogP contribution in [-0.2, 0) is 6.42 Å². The van der Waals surface area contributed by atoms with Crippen molar-refractivity contribution in [1.82, 2.24) is 19.9 Å². The molecule has 2 aromatic rings. The van der Waals surface area contributed by atoms with Gasteiger partial charge in [-0.05, 0) is 20.3 Å². The van der Waals surface area contributed by atoms with E-state index in [1.165, 1.54) is 11.1 Å². The molecule has 2 N–H and O–H groups in total. The summed E-state index contributed by atoms with van der Waals surface area (Å²) in [6.07, 6.45) is 3.29. The number of carbonyl (C=O) groups excluding carboxylic acids is 1. The van der Waals surface area contributed by atoms with Crippen molar-refractivity contribution in [2.75, 3.05) is 11.9 Å².